The predicted octanol–water partition coefficient (Wildman–Crippen LogP) is 0.615. The molecule has 0 aliphatic carbocycles. The van der Waals surface area contributed by atoms with Crippen molar-refractivity contribution in [3.8, 4) is 0 Å². The van der Waals surface area contributed by atoms with Gasteiger partial charge in [0.15, 0.2) is 0 Å². The zero-order valence-corrected chi connectivity index (χ0v) is 11.7. The topological polar surface area (TPSA) is 97.1 Å². The molecular weight excluding hydrogens is 244 g/mol. The molecule has 0 aliphatic heterocycles. The first-order valence-corrected chi connectivity index (χ1v) is 6.14. The van der Waals surface area contributed by atoms with Crippen LogP contribution in [0.25, 0.3) is 0 Å². The average molecular weight is 264 g/mol. The van der Waals surface area contributed by atoms with Gasteiger partial charge in [0.25, 0.3) is 5.91 Å². The van der Waals surface area contributed by atoms with E-state index < -0.39 is 6.04 Å². The maximum atomic E-state index is 12.0. The van der Waals surface area contributed by atoms with Crippen LogP contribution in [-0.4, -0.2) is 28.9 Å². The molecule has 1 heterocycles. The Balaban J connectivity index is 2.74. The maximum absolute atomic E-state index is 12.0. The third-order valence-corrected chi connectivity index (χ3v) is 2.52. The van der Waals surface area contributed by atoms with Crippen molar-refractivity contribution in [2.75, 3.05) is 5.73 Å². The number of aromatic nitrogens is 1. The van der Waals surface area contributed by atoms with Crippen molar-refractivity contribution in [2.45, 2.75) is 39.8 Å². The molecule has 6 nitrogen and oxygen atoms in total. The van der Waals surface area contributed by atoms with E-state index >= 15 is 0 Å². The fourth-order valence-corrected chi connectivity index (χ4v) is 1.53. The van der Waals surface area contributed by atoms with Crippen LogP contribution in [0.1, 0.15) is 36.8 Å². The second-order valence-electron chi connectivity index (χ2n) is 4.76. The summed E-state index contributed by atoms with van der Waals surface area (Å²) in [5.41, 5.74) is 6.96. The number of nitrogen functional groups attached to an aromatic ring is 1. The molecule has 2 amide bonds. The highest BCUT2D eigenvalue weighted by molar-refractivity contribution is 5.98. The molecule has 6 heteroatoms. The van der Waals surface area contributed by atoms with Crippen LogP contribution >= 0.6 is 0 Å². The monoisotopic (exact) mass is 264 g/mol. The van der Waals surface area contributed by atoms with E-state index in [1.165, 1.54) is 6.20 Å². The van der Waals surface area contributed by atoms with Crippen molar-refractivity contribution >= 4 is 17.5 Å². The summed E-state index contributed by atoms with van der Waals surface area (Å²) in [6, 6.07) is 0.962. The minimum Gasteiger partial charge on any atom is -0.397 e. The second-order valence-corrected chi connectivity index (χ2v) is 4.76. The van der Waals surface area contributed by atoms with Crippen molar-refractivity contribution in [1.29, 1.82) is 0 Å². The number of pyridine rings is 1. The van der Waals surface area contributed by atoms with Gasteiger partial charge in [0.05, 0.1) is 23.1 Å². The van der Waals surface area contributed by atoms with Crippen LogP contribution in [-0.2, 0) is 4.79 Å². The second kappa shape index (κ2) is 6.17. The van der Waals surface area contributed by atoms with E-state index in [-0.39, 0.29) is 17.9 Å². The molecule has 1 aromatic heterocycles. The van der Waals surface area contributed by atoms with Gasteiger partial charge in [-0.15, -0.1) is 0 Å². The Hall–Kier alpha value is -2.11. The van der Waals surface area contributed by atoms with Gasteiger partial charge in [0.2, 0.25) is 5.91 Å². The largest absolute Gasteiger partial charge is 0.397 e. The normalized spacial score (nSPS) is 12.1. The van der Waals surface area contributed by atoms with Crippen molar-refractivity contribution in [3.05, 3.63) is 23.5 Å². The number of hydrogen-bond acceptors (Lipinski definition) is 4. The van der Waals surface area contributed by atoms with E-state index in [0.717, 1.165) is 0 Å². The van der Waals surface area contributed by atoms with Gasteiger partial charge in [-0.25, -0.2) is 0 Å². The van der Waals surface area contributed by atoms with Gasteiger partial charge < -0.3 is 16.4 Å². The number of amides is 2. The Bertz CT molecular complexity index is 486. The molecule has 1 aromatic rings. The number of rotatable bonds is 4. The number of nitrogens with two attached hydrogens (primary N) is 1. The Morgan fingerprint density at radius 1 is 1.26 bits per heavy atom. The quantitative estimate of drug-likeness (QED) is 0.742. The van der Waals surface area contributed by atoms with E-state index in [2.05, 4.69) is 15.6 Å². The molecular formula is C13H20N4O2. The molecule has 0 spiro atoms. The van der Waals surface area contributed by atoms with E-state index in [9.17, 15) is 9.59 Å². The highest BCUT2D eigenvalue weighted by atomic mass is 16.2. The number of carbonyl (C=O) groups excluding carboxylic acids is 2. The number of aryl methyl sites for hydroxylation is 1. The van der Waals surface area contributed by atoms with Crippen LogP contribution in [0.15, 0.2) is 12.3 Å². The van der Waals surface area contributed by atoms with Gasteiger partial charge in [0.1, 0.15) is 6.04 Å². The summed E-state index contributed by atoms with van der Waals surface area (Å²) < 4.78 is 0. The molecule has 0 bridgehead atoms. The molecule has 0 saturated heterocycles. The molecule has 104 valence electrons. The van der Waals surface area contributed by atoms with Crippen LogP contribution in [0.4, 0.5) is 5.69 Å². The first-order chi connectivity index (χ1) is 8.81. The summed E-state index contributed by atoms with van der Waals surface area (Å²) in [7, 11) is 0. The molecule has 4 N–H and O–H groups in total. The van der Waals surface area contributed by atoms with Crippen molar-refractivity contribution in [2.24, 2.45) is 0 Å². The minimum atomic E-state index is -0.615. The lowest BCUT2D eigenvalue weighted by Crippen LogP contribution is -2.46. The fourth-order valence-electron chi connectivity index (χ4n) is 1.53. The van der Waals surface area contributed by atoms with Crippen molar-refractivity contribution in [1.82, 2.24) is 15.6 Å². The molecule has 1 atom stereocenters. The standard InChI is InChI=1S/C13H20N4O2/c1-7(2)16-12(18)9(4)17-13(19)11-5-10(14)6-15-8(11)3/h5-7,9H,14H2,1-4H3,(H,16,18)(H,17,19). The van der Waals surface area contributed by atoms with Gasteiger partial charge in [0, 0.05) is 6.04 Å². The zero-order chi connectivity index (χ0) is 14.6. The SMILES string of the molecule is Cc1ncc(N)cc1C(=O)NC(C)C(=O)NC(C)C. The van der Waals surface area contributed by atoms with Gasteiger partial charge in [-0.2, -0.15) is 0 Å². The number of carbonyl (C=O) groups is 2. The number of hydrogen-bond donors (Lipinski definition) is 3. The van der Waals surface area contributed by atoms with E-state index in [0.29, 0.717) is 16.9 Å². The summed E-state index contributed by atoms with van der Waals surface area (Å²) in [4.78, 5) is 27.8. The molecule has 19 heavy (non-hydrogen) atoms. The molecule has 1 unspecified atom stereocenters. The lowest BCUT2D eigenvalue weighted by molar-refractivity contribution is -0.123. The van der Waals surface area contributed by atoms with Crippen LogP contribution in [0.2, 0.25) is 0 Å². The molecule has 0 saturated carbocycles. The number of nitrogens with one attached hydrogen (secondary N) is 2. The van der Waals surface area contributed by atoms with E-state index in [1.54, 1.807) is 19.9 Å². The third-order valence-electron chi connectivity index (χ3n) is 2.52. The summed E-state index contributed by atoms with van der Waals surface area (Å²) >= 11 is 0. The van der Waals surface area contributed by atoms with Gasteiger partial charge in [-0.1, -0.05) is 0 Å². The van der Waals surface area contributed by atoms with Crippen molar-refractivity contribution < 1.29 is 9.59 Å². The smallest absolute Gasteiger partial charge is 0.253 e. The summed E-state index contributed by atoms with van der Waals surface area (Å²) in [5, 5.41) is 5.35. The van der Waals surface area contributed by atoms with Crippen molar-refractivity contribution in [3.63, 3.8) is 0 Å². The fraction of sp³-hybridized carbons (Fsp3) is 0.462. The lowest BCUT2D eigenvalue weighted by atomic mass is 10.1. The molecule has 0 aromatic carbocycles. The van der Waals surface area contributed by atoms with Gasteiger partial charge >= 0.3 is 0 Å². The highest BCUT2D eigenvalue weighted by Gasteiger charge is 2.18. The first-order valence-electron chi connectivity index (χ1n) is 6.14. The average Bonchev–Trinajstić information content (AvgIpc) is 2.31. The highest BCUT2D eigenvalue weighted by Crippen LogP contribution is 2.09. The Morgan fingerprint density at radius 3 is 2.47 bits per heavy atom. The molecule has 0 radical (unpaired) electrons. The van der Waals surface area contributed by atoms with E-state index in [4.69, 9.17) is 5.73 Å². The molecule has 0 aliphatic rings. The summed E-state index contributed by atoms with van der Waals surface area (Å²) in [5.74, 6) is -0.582. The Morgan fingerprint density at radius 2 is 1.89 bits per heavy atom. The van der Waals surface area contributed by atoms with Gasteiger partial charge in [-0.3, -0.25) is 14.6 Å². The minimum absolute atomic E-state index is 0.0302. The third kappa shape index (κ3) is 4.24. The van der Waals surface area contributed by atoms with Crippen LogP contribution in [0, 0.1) is 6.92 Å². The van der Waals surface area contributed by atoms with Crippen LogP contribution < -0.4 is 16.4 Å². The zero-order valence-electron chi connectivity index (χ0n) is 11.7. The summed E-state index contributed by atoms with van der Waals surface area (Å²) in [6.45, 7) is 7.06. The summed E-state index contributed by atoms with van der Waals surface area (Å²) in [6.07, 6.45) is 1.49. The first kappa shape index (κ1) is 14.9. The van der Waals surface area contributed by atoms with Crippen LogP contribution in [0.5, 0.6) is 0 Å². The molecule has 0 fully saturated rings. The predicted molar refractivity (Wildman–Crippen MR) is 73.6 cm³/mol. The Labute approximate surface area is 112 Å². The lowest BCUT2D eigenvalue weighted by Gasteiger charge is -2.16. The van der Waals surface area contributed by atoms with Crippen LogP contribution in [0.3, 0.4) is 0 Å². The van der Waals surface area contributed by atoms with Gasteiger partial charge in [-0.05, 0) is 33.8 Å². The molecule has 1 rings (SSSR count). The number of nitrogens with zero attached hydrogens (tertiary/aromatic N) is 1. The number of anilines is 1. The van der Waals surface area contributed by atoms with E-state index in [1.807, 2.05) is 13.8 Å². The maximum Gasteiger partial charge on any atom is 0.253 e. The Kier molecular flexibility index (Phi) is 4.86.